The second kappa shape index (κ2) is 8.34. The number of halogens is 1. The molecule has 2 aromatic rings. The lowest BCUT2D eigenvalue weighted by Gasteiger charge is -2.20. The molecule has 132 valence electrons. The van der Waals surface area contributed by atoms with Crippen LogP contribution in [0.15, 0.2) is 40.9 Å². The van der Waals surface area contributed by atoms with E-state index >= 15 is 0 Å². The lowest BCUT2D eigenvalue weighted by Crippen LogP contribution is -2.46. The van der Waals surface area contributed by atoms with E-state index in [1.54, 1.807) is 0 Å². The number of benzene rings is 2. The summed E-state index contributed by atoms with van der Waals surface area (Å²) in [6.07, 6.45) is 5.12. The summed E-state index contributed by atoms with van der Waals surface area (Å²) in [6, 6.07) is 11.7. The summed E-state index contributed by atoms with van der Waals surface area (Å²) in [5.74, 6) is 0.0983. The van der Waals surface area contributed by atoms with Crippen molar-refractivity contribution in [3.63, 3.8) is 0 Å². The molecule has 0 spiro atoms. The quantitative estimate of drug-likeness (QED) is 0.763. The zero-order valence-electron chi connectivity index (χ0n) is 13.9. The number of rotatable bonds is 4. The van der Waals surface area contributed by atoms with Crippen LogP contribution in [0.3, 0.4) is 0 Å². The molecule has 0 saturated heterocycles. The minimum atomic E-state index is -0.385. The molecule has 25 heavy (non-hydrogen) atoms. The van der Waals surface area contributed by atoms with Gasteiger partial charge in [0.1, 0.15) is 5.75 Å². The minimum absolute atomic E-state index is 0.00426. The van der Waals surface area contributed by atoms with Gasteiger partial charge in [-0.05, 0) is 45.6 Å². The van der Waals surface area contributed by atoms with E-state index in [1.807, 2.05) is 36.4 Å². The first-order valence-corrected chi connectivity index (χ1v) is 9.33. The molecule has 0 unspecified atom stereocenters. The molecule has 5 nitrogen and oxygen atoms in total. The molecule has 6 heteroatoms. The van der Waals surface area contributed by atoms with E-state index in [-0.39, 0.29) is 24.3 Å². The van der Waals surface area contributed by atoms with Crippen LogP contribution in [0.5, 0.6) is 5.75 Å². The van der Waals surface area contributed by atoms with E-state index < -0.39 is 0 Å². The van der Waals surface area contributed by atoms with Crippen LogP contribution in [0.4, 0.5) is 0 Å². The van der Waals surface area contributed by atoms with Crippen molar-refractivity contribution in [1.82, 2.24) is 10.9 Å². The Kier molecular flexibility index (Phi) is 5.91. The van der Waals surface area contributed by atoms with Gasteiger partial charge in [0.05, 0.1) is 4.47 Å². The number of carbonyl (C=O) groups excluding carboxylic acids is 2. The van der Waals surface area contributed by atoms with Crippen molar-refractivity contribution in [1.29, 1.82) is 0 Å². The highest BCUT2D eigenvalue weighted by molar-refractivity contribution is 9.10. The minimum Gasteiger partial charge on any atom is -0.483 e. The first kappa shape index (κ1) is 17.7. The van der Waals surface area contributed by atoms with Gasteiger partial charge in [-0.15, -0.1) is 0 Å². The monoisotopic (exact) mass is 404 g/mol. The number of ether oxygens (including phenoxy) is 1. The van der Waals surface area contributed by atoms with Crippen LogP contribution in [0.1, 0.15) is 32.1 Å². The molecular weight excluding hydrogens is 384 g/mol. The van der Waals surface area contributed by atoms with Crippen LogP contribution in [-0.2, 0) is 9.59 Å². The van der Waals surface area contributed by atoms with Gasteiger partial charge in [-0.1, -0.05) is 49.6 Å². The summed E-state index contributed by atoms with van der Waals surface area (Å²) in [4.78, 5) is 23.9. The number of hydrazine groups is 1. The summed E-state index contributed by atoms with van der Waals surface area (Å²) >= 11 is 3.52. The number of amides is 2. The maximum atomic E-state index is 12.0. The zero-order valence-corrected chi connectivity index (χ0v) is 15.5. The Morgan fingerprint density at radius 1 is 1.04 bits per heavy atom. The van der Waals surface area contributed by atoms with Crippen LogP contribution in [-0.4, -0.2) is 18.4 Å². The van der Waals surface area contributed by atoms with Crippen LogP contribution < -0.4 is 15.6 Å². The number of carbonyl (C=O) groups is 2. The molecule has 1 aliphatic carbocycles. The highest BCUT2D eigenvalue weighted by Gasteiger charge is 2.21. The summed E-state index contributed by atoms with van der Waals surface area (Å²) in [6.45, 7) is -0.165. The Hall–Kier alpha value is -2.08. The fourth-order valence-corrected chi connectivity index (χ4v) is 3.71. The molecule has 3 rings (SSSR count). The van der Waals surface area contributed by atoms with Gasteiger partial charge >= 0.3 is 0 Å². The van der Waals surface area contributed by atoms with E-state index in [9.17, 15) is 9.59 Å². The van der Waals surface area contributed by atoms with E-state index in [0.717, 1.165) is 40.9 Å². The van der Waals surface area contributed by atoms with Gasteiger partial charge in [0.25, 0.3) is 5.91 Å². The van der Waals surface area contributed by atoms with Gasteiger partial charge in [0.2, 0.25) is 5.91 Å². The van der Waals surface area contributed by atoms with E-state index in [1.165, 1.54) is 6.42 Å². The van der Waals surface area contributed by atoms with Gasteiger partial charge in [0.15, 0.2) is 6.61 Å². The smallest absolute Gasteiger partial charge is 0.276 e. The SMILES string of the molecule is O=C(COc1ccc2ccccc2c1Br)NNC(=O)C1CCCCC1. The lowest BCUT2D eigenvalue weighted by molar-refractivity contribution is -0.132. The largest absolute Gasteiger partial charge is 0.483 e. The summed E-state index contributed by atoms with van der Waals surface area (Å²) in [7, 11) is 0. The highest BCUT2D eigenvalue weighted by Crippen LogP contribution is 2.32. The molecule has 0 heterocycles. The summed E-state index contributed by atoms with van der Waals surface area (Å²) < 4.78 is 6.38. The van der Waals surface area contributed by atoms with Crippen molar-refractivity contribution in [2.24, 2.45) is 5.92 Å². The average Bonchev–Trinajstić information content (AvgIpc) is 2.66. The van der Waals surface area contributed by atoms with Crippen molar-refractivity contribution >= 4 is 38.5 Å². The third-order valence-electron chi connectivity index (χ3n) is 4.49. The van der Waals surface area contributed by atoms with Gasteiger partial charge < -0.3 is 4.74 Å². The highest BCUT2D eigenvalue weighted by atomic mass is 79.9. The van der Waals surface area contributed by atoms with Crippen molar-refractivity contribution < 1.29 is 14.3 Å². The second-order valence-corrected chi connectivity index (χ2v) is 7.05. The van der Waals surface area contributed by atoms with Crippen molar-refractivity contribution in [2.45, 2.75) is 32.1 Å². The van der Waals surface area contributed by atoms with Gasteiger partial charge in [-0.25, -0.2) is 0 Å². The summed E-state index contributed by atoms with van der Waals surface area (Å²) in [5.41, 5.74) is 4.93. The molecular formula is C19H21BrN2O3. The molecule has 2 aromatic carbocycles. The fourth-order valence-electron chi connectivity index (χ4n) is 3.10. The number of hydrogen-bond donors (Lipinski definition) is 2. The van der Waals surface area contributed by atoms with Gasteiger partial charge in [-0.3, -0.25) is 20.4 Å². The van der Waals surface area contributed by atoms with Crippen LogP contribution in [0, 0.1) is 5.92 Å². The molecule has 0 atom stereocenters. The van der Waals surface area contributed by atoms with Crippen molar-refractivity contribution in [2.75, 3.05) is 6.61 Å². The number of nitrogens with one attached hydrogen (secondary N) is 2. The normalized spacial score (nSPS) is 14.9. The Morgan fingerprint density at radius 2 is 1.80 bits per heavy atom. The molecule has 2 N–H and O–H groups in total. The molecule has 2 amide bonds. The third kappa shape index (κ3) is 4.51. The second-order valence-electron chi connectivity index (χ2n) is 6.26. The van der Waals surface area contributed by atoms with Crippen LogP contribution >= 0.6 is 15.9 Å². The molecule has 0 aliphatic heterocycles. The van der Waals surface area contributed by atoms with E-state index in [4.69, 9.17) is 4.74 Å². The van der Waals surface area contributed by atoms with Crippen LogP contribution in [0.25, 0.3) is 10.8 Å². The fraction of sp³-hybridized carbons (Fsp3) is 0.368. The predicted octanol–water partition coefficient (Wildman–Crippen LogP) is 3.71. The maximum absolute atomic E-state index is 12.0. The molecule has 0 bridgehead atoms. The van der Waals surface area contributed by atoms with Gasteiger partial charge in [-0.2, -0.15) is 0 Å². The van der Waals surface area contributed by atoms with Gasteiger partial charge in [0, 0.05) is 5.92 Å². The molecule has 1 saturated carbocycles. The van der Waals surface area contributed by atoms with E-state index in [0.29, 0.717) is 5.75 Å². The first-order chi connectivity index (χ1) is 12.1. The third-order valence-corrected chi connectivity index (χ3v) is 5.31. The molecule has 1 fully saturated rings. The molecule has 1 aliphatic rings. The predicted molar refractivity (Wildman–Crippen MR) is 100 cm³/mol. The standard InChI is InChI=1S/C19H21BrN2O3/c20-18-15-9-5-4-6-13(15)10-11-16(18)25-12-17(23)21-22-19(24)14-7-2-1-3-8-14/h4-6,9-11,14H,1-3,7-8,12H2,(H,21,23)(H,22,24). The summed E-state index contributed by atoms with van der Waals surface area (Å²) in [5, 5.41) is 2.11. The zero-order chi connectivity index (χ0) is 17.6. The Balaban J connectivity index is 1.50. The number of fused-ring (bicyclic) bond motifs is 1. The Morgan fingerprint density at radius 3 is 2.60 bits per heavy atom. The lowest BCUT2D eigenvalue weighted by atomic mass is 9.89. The van der Waals surface area contributed by atoms with Crippen molar-refractivity contribution in [3.05, 3.63) is 40.9 Å². The Bertz CT molecular complexity index is 772. The van der Waals surface area contributed by atoms with Crippen LogP contribution in [0.2, 0.25) is 0 Å². The number of hydrogen-bond acceptors (Lipinski definition) is 3. The molecule has 0 aromatic heterocycles. The average molecular weight is 405 g/mol. The molecule has 0 radical (unpaired) electrons. The topological polar surface area (TPSA) is 67.4 Å². The van der Waals surface area contributed by atoms with E-state index in [2.05, 4.69) is 26.8 Å². The first-order valence-electron chi connectivity index (χ1n) is 8.54. The Labute approximate surface area is 155 Å². The maximum Gasteiger partial charge on any atom is 0.276 e. The van der Waals surface area contributed by atoms with Crippen molar-refractivity contribution in [3.8, 4) is 5.75 Å².